The van der Waals surface area contributed by atoms with Gasteiger partial charge in [0.1, 0.15) is 11.6 Å². The van der Waals surface area contributed by atoms with Crippen LogP contribution in [0.4, 0.5) is 5.82 Å². The van der Waals surface area contributed by atoms with E-state index in [1.54, 1.807) is 0 Å². The van der Waals surface area contributed by atoms with Gasteiger partial charge in [-0.25, -0.2) is 9.97 Å². The summed E-state index contributed by atoms with van der Waals surface area (Å²) < 4.78 is 7.87. The van der Waals surface area contributed by atoms with Crippen LogP contribution in [-0.4, -0.2) is 40.3 Å². The molecule has 3 heterocycles. The lowest BCUT2D eigenvalue weighted by molar-refractivity contribution is 0.0529. The number of morpholine rings is 1. The highest BCUT2D eigenvalue weighted by Gasteiger charge is 2.17. The van der Waals surface area contributed by atoms with Crippen molar-refractivity contribution in [1.29, 1.82) is 0 Å². The van der Waals surface area contributed by atoms with Gasteiger partial charge in [-0.05, 0) is 37.6 Å². The number of imidazole rings is 1. The molecule has 1 aliphatic rings. The van der Waals surface area contributed by atoms with Gasteiger partial charge in [-0.2, -0.15) is 0 Å². The molecule has 4 rings (SSSR count). The van der Waals surface area contributed by atoms with Gasteiger partial charge in [0.15, 0.2) is 0 Å². The van der Waals surface area contributed by atoms with Crippen LogP contribution in [0.25, 0.3) is 11.0 Å². The summed E-state index contributed by atoms with van der Waals surface area (Å²) in [7, 11) is 0. The zero-order valence-corrected chi connectivity index (χ0v) is 16.1. The molecule has 6 heteroatoms. The maximum atomic E-state index is 5.60. The van der Waals surface area contributed by atoms with E-state index in [-0.39, 0.29) is 6.10 Å². The number of hydrogen-bond acceptors (Lipinski definition) is 5. The van der Waals surface area contributed by atoms with Gasteiger partial charge in [0.25, 0.3) is 0 Å². The topological polar surface area (TPSA) is 55.2 Å². The fourth-order valence-corrected chi connectivity index (χ4v) is 3.67. The number of aryl methyl sites for hydroxylation is 1. The van der Waals surface area contributed by atoms with Crippen molar-refractivity contribution in [1.82, 2.24) is 19.9 Å². The molecule has 0 unspecified atom stereocenters. The van der Waals surface area contributed by atoms with Crippen molar-refractivity contribution in [3.63, 3.8) is 0 Å². The summed E-state index contributed by atoms with van der Waals surface area (Å²) in [5.41, 5.74) is 3.43. The minimum absolute atomic E-state index is 0.264. The molecule has 1 atom stereocenters. The lowest BCUT2D eigenvalue weighted by atomic mass is 10.2. The van der Waals surface area contributed by atoms with E-state index in [1.165, 1.54) is 11.1 Å². The number of fused-ring (bicyclic) bond motifs is 1. The highest BCUT2D eigenvalue weighted by atomic mass is 16.5. The average molecular weight is 365 g/mol. The molecule has 1 fully saturated rings. The van der Waals surface area contributed by atoms with Crippen LogP contribution in [0, 0.1) is 0 Å². The molecule has 1 N–H and O–H groups in total. The molecule has 0 spiro atoms. The second kappa shape index (κ2) is 8.06. The van der Waals surface area contributed by atoms with Gasteiger partial charge >= 0.3 is 0 Å². The van der Waals surface area contributed by atoms with Crippen molar-refractivity contribution in [2.24, 2.45) is 0 Å². The van der Waals surface area contributed by atoms with Crippen molar-refractivity contribution in [3.05, 3.63) is 54.0 Å². The molecular formula is C21H27N5O. The van der Waals surface area contributed by atoms with Crippen LogP contribution in [0.3, 0.4) is 0 Å². The van der Waals surface area contributed by atoms with Crippen molar-refractivity contribution in [2.75, 3.05) is 24.6 Å². The normalized spacial score (nSPS) is 17.6. The first kappa shape index (κ1) is 17.9. The lowest BCUT2D eigenvalue weighted by Gasteiger charge is -2.32. The van der Waals surface area contributed by atoms with Crippen LogP contribution >= 0.6 is 0 Å². The predicted molar refractivity (Wildman–Crippen MR) is 108 cm³/mol. The molecular weight excluding hydrogens is 338 g/mol. The van der Waals surface area contributed by atoms with Gasteiger partial charge in [-0.15, -0.1) is 0 Å². The average Bonchev–Trinajstić information content (AvgIpc) is 3.06. The summed E-state index contributed by atoms with van der Waals surface area (Å²) in [6.07, 6.45) is 2.23. The molecule has 2 aromatic heterocycles. The second-order valence-electron chi connectivity index (χ2n) is 7.02. The van der Waals surface area contributed by atoms with Crippen LogP contribution in [0.5, 0.6) is 0 Å². The molecule has 1 aromatic carbocycles. The zero-order chi connectivity index (χ0) is 18.6. The van der Waals surface area contributed by atoms with Crippen molar-refractivity contribution < 1.29 is 4.74 Å². The number of aromatic nitrogens is 3. The Morgan fingerprint density at radius 1 is 1.19 bits per heavy atom. The van der Waals surface area contributed by atoms with E-state index in [0.29, 0.717) is 0 Å². The Kier molecular flexibility index (Phi) is 5.36. The first-order valence-corrected chi connectivity index (χ1v) is 9.71. The van der Waals surface area contributed by atoms with Crippen molar-refractivity contribution in [2.45, 2.75) is 39.6 Å². The minimum atomic E-state index is 0.264. The Bertz CT molecular complexity index is 889. The van der Waals surface area contributed by atoms with Crippen LogP contribution in [0.1, 0.15) is 25.2 Å². The largest absolute Gasteiger partial charge is 0.375 e. The Balaban J connectivity index is 1.37. The third kappa shape index (κ3) is 3.96. The fraction of sp³-hybridized carbons (Fsp3) is 0.429. The highest BCUT2D eigenvalue weighted by Crippen LogP contribution is 2.17. The number of para-hydroxylation sites is 2. The fourth-order valence-electron chi connectivity index (χ4n) is 3.67. The maximum Gasteiger partial charge on any atom is 0.128 e. The maximum absolute atomic E-state index is 5.60. The summed E-state index contributed by atoms with van der Waals surface area (Å²) in [6.45, 7) is 9.28. The summed E-state index contributed by atoms with van der Waals surface area (Å²) >= 11 is 0. The predicted octanol–water partition coefficient (Wildman–Crippen LogP) is 2.97. The monoisotopic (exact) mass is 365 g/mol. The van der Waals surface area contributed by atoms with E-state index in [1.807, 2.05) is 12.3 Å². The summed E-state index contributed by atoms with van der Waals surface area (Å²) in [6, 6.07) is 12.6. The molecule has 0 amide bonds. The summed E-state index contributed by atoms with van der Waals surface area (Å²) in [4.78, 5) is 11.7. The Morgan fingerprint density at radius 3 is 2.85 bits per heavy atom. The van der Waals surface area contributed by atoms with Crippen molar-refractivity contribution in [3.8, 4) is 0 Å². The van der Waals surface area contributed by atoms with Gasteiger partial charge < -0.3 is 19.5 Å². The Morgan fingerprint density at radius 2 is 2.07 bits per heavy atom. The van der Waals surface area contributed by atoms with E-state index in [4.69, 9.17) is 9.72 Å². The second-order valence-corrected chi connectivity index (χ2v) is 7.02. The standard InChI is InChI=1S/C21H27N5O/c1-3-26-19-7-5-4-6-18(19)24-21(26)14-22-12-17-8-9-20(23-13-17)25-10-11-27-16(2)15-25/h4-9,13,16,22H,3,10-12,14-15H2,1-2H3/t16-/m0/s1. The summed E-state index contributed by atoms with van der Waals surface area (Å²) in [5, 5.41) is 3.50. The third-order valence-corrected chi connectivity index (χ3v) is 5.04. The quantitative estimate of drug-likeness (QED) is 0.728. The number of anilines is 1. The number of benzene rings is 1. The van der Waals surface area contributed by atoms with E-state index in [9.17, 15) is 0 Å². The first-order chi connectivity index (χ1) is 13.2. The van der Waals surface area contributed by atoms with E-state index in [0.717, 1.165) is 56.5 Å². The molecule has 1 saturated heterocycles. The summed E-state index contributed by atoms with van der Waals surface area (Å²) in [5.74, 6) is 2.10. The number of hydrogen-bond donors (Lipinski definition) is 1. The van der Waals surface area contributed by atoms with Gasteiger partial charge in [-0.1, -0.05) is 18.2 Å². The Labute approximate surface area is 160 Å². The molecule has 27 heavy (non-hydrogen) atoms. The molecule has 0 aliphatic carbocycles. The molecule has 142 valence electrons. The zero-order valence-electron chi connectivity index (χ0n) is 16.1. The van der Waals surface area contributed by atoms with Crippen LogP contribution in [-0.2, 0) is 24.4 Å². The number of rotatable bonds is 6. The minimum Gasteiger partial charge on any atom is -0.375 e. The van der Waals surface area contributed by atoms with Gasteiger partial charge in [0.05, 0.1) is 30.3 Å². The number of nitrogens with zero attached hydrogens (tertiary/aromatic N) is 4. The van der Waals surface area contributed by atoms with Gasteiger partial charge in [0, 0.05) is 32.4 Å². The Hall–Kier alpha value is -2.44. The smallest absolute Gasteiger partial charge is 0.128 e. The third-order valence-electron chi connectivity index (χ3n) is 5.04. The SMILES string of the molecule is CCn1c(CNCc2ccc(N3CCO[C@@H](C)C3)nc2)nc2ccccc21. The van der Waals surface area contributed by atoms with Gasteiger partial charge in [0.2, 0.25) is 0 Å². The first-order valence-electron chi connectivity index (χ1n) is 9.71. The molecule has 0 radical (unpaired) electrons. The van der Waals surface area contributed by atoms with Gasteiger partial charge in [-0.3, -0.25) is 0 Å². The van der Waals surface area contributed by atoms with Crippen LogP contribution < -0.4 is 10.2 Å². The van der Waals surface area contributed by atoms with Crippen LogP contribution in [0.15, 0.2) is 42.6 Å². The molecule has 3 aromatic rings. The van der Waals surface area contributed by atoms with E-state index >= 15 is 0 Å². The van der Waals surface area contributed by atoms with E-state index in [2.05, 4.69) is 63.9 Å². The van der Waals surface area contributed by atoms with E-state index < -0.39 is 0 Å². The highest BCUT2D eigenvalue weighted by molar-refractivity contribution is 5.75. The number of ether oxygens (including phenoxy) is 1. The molecule has 1 aliphatic heterocycles. The van der Waals surface area contributed by atoms with Crippen molar-refractivity contribution >= 4 is 16.9 Å². The molecule has 0 bridgehead atoms. The lowest BCUT2D eigenvalue weighted by Crippen LogP contribution is -2.41. The number of nitrogens with one attached hydrogen (secondary N) is 1. The number of pyridine rings is 1. The van der Waals surface area contributed by atoms with Crippen LogP contribution in [0.2, 0.25) is 0 Å². The molecule has 0 saturated carbocycles. The molecule has 6 nitrogen and oxygen atoms in total.